The molecule has 1 N–H and O–H groups in total. The Bertz CT molecular complexity index is 1550. The fourth-order valence-corrected chi connectivity index (χ4v) is 5.50. The summed E-state index contributed by atoms with van der Waals surface area (Å²) >= 11 is 7.41. The first-order valence-electron chi connectivity index (χ1n) is 12.2. The van der Waals surface area contributed by atoms with Gasteiger partial charge in [0, 0.05) is 10.6 Å². The first kappa shape index (κ1) is 25.8. The molecule has 38 heavy (non-hydrogen) atoms. The number of anilines is 1. The topological polar surface area (TPSA) is 89.0 Å². The highest BCUT2D eigenvalue weighted by Gasteiger charge is 2.48. The summed E-state index contributed by atoms with van der Waals surface area (Å²) in [7, 11) is 0. The second-order valence-corrected chi connectivity index (χ2v) is 10.1. The molecule has 194 valence electrons. The smallest absolute Gasteiger partial charge is 0.301 e. The maximum Gasteiger partial charge on any atom is 0.301 e. The SMILES string of the molecule is CCCOc1cccc(C(O)=C2C(=O)C(=O)N(c3nc4ccc(OCC)cc4s3)C2c2ccc(Cl)cc2)c1. The summed E-state index contributed by atoms with van der Waals surface area (Å²) in [6, 6.07) is 18.3. The molecule has 1 fully saturated rings. The van der Waals surface area contributed by atoms with Crippen LogP contribution in [0.4, 0.5) is 5.13 Å². The number of Topliss-reactive ketones (excluding diaryl/α,β-unsaturated/α-hetero) is 1. The number of aliphatic hydroxyl groups excluding tert-OH is 1. The number of aliphatic hydroxyl groups is 1. The molecule has 1 aliphatic heterocycles. The number of thiazole rings is 1. The number of benzene rings is 3. The van der Waals surface area contributed by atoms with Gasteiger partial charge in [0.2, 0.25) is 0 Å². The zero-order valence-electron chi connectivity index (χ0n) is 20.8. The normalized spacial score (nSPS) is 16.8. The van der Waals surface area contributed by atoms with Crippen LogP contribution >= 0.6 is 22.9 Å². The third-order valence-electron chi connectivity index (χ3n) is 6.08. The van der Waals surface area contributed by atoms with Crippen molar-refractivity contribution in [2.45, 2.75) is 26.3 Å². The molecule has 1 atom stereocenters. The van der Waals surface area contributed by atoms with Gasteiger partial charge in [-0.05, 0) is 61.4 Å². The highest BCUT2D eigenvalue weighted by atomic mass is 35.5. The number of carbonyl (C=O) groups excluding carboxylic acids is 2. The van der Waals surface area contributed by atoms with Crippen LogP contribution in [0.15, 0.2) is 72.3 Å². The highest BCUT2D eigenvalue weighted by molar-refractivity contribution is 7.22. The van der Waals surface area contributed by atoms with Crippen molar-refractivity contribution in [2.24, 2.45) is 0 Å². The summed E-state index contributed by atoms with van der Waals surface area (Å²) in [4.78, 5) is 32.9. The van der Waals surface area contributed by atoms with Gasteiger partial charge in [-0.25, -0.2) is 4.98 Å². The van der Waals surface area contributed by atoms with Gasteiger partial charge >= 0.3 is 5.91 Å². The van der Waals surface area contributed by atoms with E-state index in [1.807, 2.05) is 32.0 Å². The van der Waals surface area contributed by atoms with Crippen LogP contribution in [0.1, 0.15) is 37.4 Å². The minimum atomic E-state index is -0.903. The third-order valence-corrected chi connectivity index (χ3v) is 7.35. The summed E-state index contributed by atoms with van der Waals surface area (Å²) in [6.07, 6.45) is 0.826. The molecule has 1 unspecified atom stereocenters. The predicted molar refractivity (Wildman–Crippen MR) is 149 cm³/mol. The van der Waals surface area contributed by atoms with E-state index in [0.29, 0.717) is 51.5 Å². The zero-order chi connectivity index (χ0) is 26.8. The molecule has 3 aromatic carbocycles. The van der Waals surface area contributed by atoms with Crippen molar-refractivity contribution >= 4 is 55.7 Å². The van der Waals surface area contributed by atoms with Crippen molar-refractivity contribution in [3.63, 3.8) is 0 Å². The number of hydrogen-bond donors (Lipinski definition) is 1. The third kappa shape index (κ3) is 4.85. The molecule has 7 nitrogen and oxygen atoms in total. The monoisotopic (exact) mass is 548 g/mol. The van der Waals surface area contributed by atoms with Gasteiger partial charge in [0.25, 0.3) is 5.78 Å². The summed E-state index contributed by atoms with van der Waals surface area (Å²) < 4.78 is 12.1. The fraction of sp³-hybridized carbons (Fsp3) is 0.207. The number of halogens is 1. The first-order chi connectivity index (χ1) is 18.4. The molecule has 1 aliphatic rings. The van der Waals surface area contributed by atoms with Crippen molar-refractivity contribution < 1.29 is 24.2 Å². The van der Waals surface area contributed by atoms with E-state index in [0.717, 1.165) is 11.1 Å². The van der Waals surface area contributed by atoms with E-state index in [1.54, 1.807) is 48.5 Å². The van der Waals surface area contributed by atoms with E-state index < -0.39 is 17.7 Å². The molecular formula is C29H25ClN2O5S. The second-order valence-electron chi connectivity index (χ2n) is 8.66. The Morgan fingerprint density at radius 1 is 1.03 bits per heavy atom. The maximum absolute atomic E-state index is 13.5. The lowest BCUT2D eigenvalue weighted by molar-refractivity contribution is -0.132. The Labute approximate surface area is 228 Å². The Kier molecular flexibility index (Phi) is 7.35. The average Bonchev–Trinajstić information content (AvgIpc) is 3.45. The number of rotatable bonds is 8. The minimum absolute atomic E-state index is 0.0285. The van der Waals surface area contributed by atoms with Crippen LogP contribution in [0.3, 0.4) is 0 Å². The molecule has 1 aromatic heterocycles. The number of carbonyl (C=O) groups is 2. The molecule has 1 saturated heterocycles. The van der Waals surface area contributed by atoms with Crippen LogP contribution in [0.2, 0.25) is 5.02 Å². The Balaban J connectivity index is 1.65. The summed E-state index contributed by atoms with van der Waals surface area (Å²) in [5, 5.41) is 12.3. The fourth-order valence-electron chi connectivity index (χ4n) is 4.35. The Morgan fingerprint density at radius 3 is 2.53 bits per heavy atom. The van der Waals surface area contributed by atoms with Crippen molar-refractivity contribution in [1.29, 1.82) is 0 Å². The number of aromatic nitrogens is 1. The highest BCUT2D eigenvalue weighted by Crippen LogP contribution is 2.45. The molecule has 1 amide bonds. The Hall–Kier alpha value is -3.88. The van der Waals surface area contributed by atoms with Crippen LogP contribution in [0.5, 0.6) is 11.5 Å². The van der Waals surface area contributed by atoms with Crippen LogP contribution in [0, 0.1) is 0 Å². The van der Waals surface area contributed by atoms with Crippen LogP contribution in [-0.4, -0.2) is 35.0 Å². The van der Waals surface area contributed by atoms with Crippen LogP contribution < -0.4 is 14.4 Å². The van der Waals surface area contributed by atoms with Crippen LogP contribution in [-0.2, 0) is 9.59 Å². The van der Waals surface area contributed by atoms with Gasteiger partial charge < -0.3 is 14.6 Å². The van der Waals surface area contributed by atoms with E-state index in [-0.39, 0.29) is 11.3 Å². The lowest BCUT2D eigenvalue weighted by Gasteiger charge is -2.23. The molecular weight excluding hydrogens is 524 g/mol. The average molecular weight is 549 g/mol. The standard InChI is InChI=1S/C29H25ClN2O5S/c1-3-14-37-20-7-5-6-18(15-20)26(33)24-25(17-8-10-19(30)11-9-17)32(28(35)27(24)34)29-31-22-13-12-21(36-4-2)16-23(22)38-29/h5-13,15-16,25,33H,3-4,14H2,1-2H3. The zero-order valence-corrected chi connectivity index (χ0v) is 22.4. The number of hydrogen-bond acceptors (Lipinski definition) is 7. The lowest BCUT2D eigenvalue weighted by Crippen LogP contribution is -2.29. The van der Waals surface area contributed by atoms with Gasteiger partial charge in [-0.1, -0.05) is 54.1 Å². The quantitative estimate of drug-likeness (QED) is 0.149. The van der Waals surface area contributed by atoms with Gasteiger partial charge in [-0.3, -0.25) is 14.5 Å². The number of ether oxygens (including phenoxy) is 2. The molecule has 0 spiro atoms. The van der Waals surface area contributed by atoms with Gasteiger partial charge in [0.1, 0.15) is 17.3 Å². The molecule has 9 heteroatoms. The van der Waals surface area contributed by atoms with E-state index in [9.17, 15) is 14.7 Å². The van der Waals surface area contributed by atoms with Crippen molar-refractivity contribution in [3.8, 4) is 11.5 Å². The Morgan fingerprint density at radius 2 is 1.79 bits per heavy atom. The predicted octanol–water partition coefficient (Wildman–Crippen LogP) is 6.76. The number of amides is 1. The van der Waals surface area contributed by atoms with Gasteiger partial charge in [-0.15, -0.1) is 0 Å². The molecule has 0 bridgehead atoms. The molecule has 4 aromatic rings. The maximum atomic E-state index is 13.5. The van der Waals surface area contributed by atoms with Crippen molar-refractivity contribution in [3.05, 3.63) is 88.5 Å². The molecule has 5 rings (SSSR count). The van der Waals surface area contributed by atoms with E-state index in [2.05, 4.69) is 4.98 Å². The molecule has 2 heterocycles. The summed E-state index contributed by atoms with van der Waals surface area (Å²) in [5.74, 6) is -0.598. The van der Waals surface area contributed by atoms with E-state index in [1.165, 1.54) is 16.2 Å². The van der Waals surface area contributed by atoms with Gasteiger partial charge in [0.15, 0.2) is 5.13 Å². The second kappa shape index (κ2) is 10.8. The number of nitrogens with zero attached hydrogens (tertiary/aromatic N) is 2. The van der Waals surface area contributed by atoms with E-state index >= 15 is 0 Å². The molecule has 0 saturated carbocycles. The lowest BCUT2D eigenvalue weighted by atomic mass is 9.95. The summed E-state index contributed by atoms with van der Waals surface area (Å²) in [5.41, 5.74) is 1.63. The molecule has 0 radical (unpaired) electrons. The first-order valence-corrected chi connectivity index (χ1v) is 13.4. The van der Waals surface area contributed by atoms with Gasteiger partial charge in [0.05, 0.1) is 35.0 Å². The van der Waals surface area contributed by atoms with Gasteiger partial charge in [-0.2, -0.15) is 0 Å². The minimum Gasteiger partial charge on any atom is -0.507 e. The van der Waals surface area contributed by atoms with Crippen molar-refractivity contribution in [1.82, 2.24) is 4.98 Å². The summed E-state index contributed by atoms with van der Waals surface area (Å²) in [6.45, 7) is 4.94. The number of ketones is 1. The molecule has 0 aliphatic carbocycles. The number of fused-ring (bicyclic) bond motifs is 1. The van der Waals surface area contributed by atoms with Crippen molar-refractivity contribution in [2.75, 3.05) is 18.1 Å². The van der Waals surface area contributed by atoms with Crippen LogP contribution in [0.25, 0.3) is 16.0 Å². The largest absolute Gasteiger partial charge is 0.507 e. The van der Waals surface area contributed by atoms with E-state index in [4.69, 9.17) is 21.1 Å².